The number of hydrogen-bond donors (Lipinski definition) is 1. The second-order valence-corrected chi connectivity index (χ2v) is 5.19. The number of aryl methyl sites for hydroxylation is 1. The smallest absolute Gasteiger partial charge is 0.126 e. The number of halogens is 2. The third kappa shape index (κ3) is 2.94. The van der Waals surface area contributed by atoms with Crippen molar-refractivity contribution in [2.24, 2.45) is 5.73 Å². The van der Waals surface area contributed by atoms with Crippen LogP contribution in [0.5, 0.6) is 0 Å². The maximum Gasteiger partial charge on any atom is 0.126 e. The summed E-state index contributed by atoms with van der Waals surface area (Å²) in [7, 11) is 0. The number of benzene rings is 1. The van der Waals surface area contributed by atoms with E-state index in [1.54, 1.807) is 24.5 Å². The molecule has 0 radical (unpaired) electrons. The topological polar surface area (TPSA) is 38.9 Å². The molecule has 0 saturated carbocycles. The van der Waals surface area contributed by atoms with Crippen molar-refractivity contribution in [3.8, 4) is 0 Å². The van der Waals surface area contributed by atoms with Crippen LogP contribution in [-0.4, -0.2) is 4.98 Å². The molecule has 0 aliphatic rings. The van der Waals surface area contributed by atoms with Crippen LogP contribution < -0.4 is 5.73 Å². The van der Waals surface area contributed by atoms with Gasteiger partial charge in [-0.2, -0.15) is 0 Å². The summed E-state index contributed by atoms with van der Waals surface area (Å²) >= 11 is 3.34. The van der Waals surface area contributed by atoms with Gasteiger partial charge in [-0.25, -0.2) is 4.39 Å². The van der Waals surface area contributed by atoms with Gasteiger partial charge in [-0.3, -0.25) is 4.98 Å². The van der Waals surface area contributed by atoms with E-state index in [2.05, 4.69) is 20.9 Å². The van der Waals surface area contributed by atoms with Crippen LogP contribution >= 0.6 is 15.9 Å². The molecule has 1 aromatic carbocycles. The molecule has 18 heavy (non-hydrogen) atoms. The average Bonchev–Trinajstić information content (AvgIpc) is 2.34. The molecular weight excluding hydrogens is 295 g/mol. The molecule has 1 aromatic heterocycles. The number of hydrogen-bond acceptors (Lipinski definition) is 2. The number of pyridine rings is 1. The highest BCUT2D eigenvalue weighted by molar-refractivity contribution is 9.10. The molecule has 0 aliphatic heterocycles. The van der Waals surface area contributed by atoms with Gasteiger partial charge in [0, 0.05) is 22.9 Å². The van der Waals surface area contributed by atoms with E-state index in [1.807, 2.05) is 13.0 Å². The summed E-state index contributed by atoms with van der Waals surface area (Å²) in [5.41, 5.74) is 8.77. The molecule has 1 atom stereocenters. The Hall–Kier alpha value is -1.26. The summed E-state index contributed by atoms with van der Waals surface area (Å²) < 4.78 is 14.5. The first kappa shape index (κ1) is 13.2. The van der Waals surface area contributed by atoms with Crippen molar-refractivity contribution in [2.75, 3.05) is 0 Å². The summed E-state index contributed by atoms with van der Waals surface area (Å²) in [6.45, 7) is 1.98. The Morgan fingerprint density at radius 2 is 2.17 bits per heavy atom. The lowest BCUT2D eigenvalue weighted by molar-refractivity contribution is 0.592. The second kappa shape index (κ2) is 5.59. The Labute approximate surface area is 114 Å². The van der Waals surface area contributed by atoms with Crippen LogP contribution in [0.25, 0.3) is 0 Å². The fourth-order valence-electron chi connectivity index (χ4n) is 1.91. The van der Waals surface area contributed by atoms with Crippen LogP contribution in [0.15, 0.2) is 41.1 Å². The summed E-state index contributed by atoms with van der Waals surface area (Å²) in [5, 5.41) is 0. The lowest BCUT2D eigenvalue weighted by Gasteiger charge is -2.14. The van der Waals surface area contributed by atoms with Gasteiger partial charge in [-0.1, -0.05) is 15.9 Å². The maximum atomic E-state index is 13.7. The van der Waals surface area contributed by atoms with Crippen LogP contribution in [0.4, 0.5) is 4.39 Å². The zero-order valence-electron chi connectivity index (χ0n) is 10.0. The Kier molecular flexibility index (Phi) is 4.09. The normalized spacial score (nSPS) is 12.4. The standard InChI is InChI=1S/C14H14BrFN2/c1-9-4-5-18-8-12(9)14(17)7-10-6-11(15)2-3-13(10)16/h2-6,8,14H,7,17H2,1H3. The number of rotatable bonds is 3. The van der Waals surface area contributed by atoms with Gasteiger partial charge in [0.05, 0.1) is 0 Å². The predicted octanol–water partition coefficient (Wildman–Crippen LogP) is 3.53. The van der Waals surface area contributed by atoms with E-state index < -0.39 is 0 Å². The minimum absolute atomic E-state index is 0.227. The van der Waals surface area contributed by atoms with Gasteiger partial charge in [-0.05, 0) is 54.3 Å². The van der Waals surface area contributed by atoms with Crippen LogP contribution in [0, 0.1) is 12.7 Å². The molecule has 1 unspecified atom stereocenters. The van der Waals surface area contributed by atoms with Crippen LogP contribution in [-0.2, 0) is 6.42 Å². The minimum atomic E-state index is -0.248. The summed E-state index contributed by atoms with van der Waals surface area (Å²) in [6.07, 6.45) is 3.93. The van der Waals surface area contributed by atoms with E-state index in [0.29, 0.717) is 12.0 Å². The molecule has 0 amide bonds. The SMILES string of the molecule is Cc1ccncc1C(N)Cc1cc(Br)ccc1F. The van der Waals surface area contributed by atoms with Gasteiger partial charge in [0.2, 0.25) is 0 Å². The second-order valence-electron chi connectivity index (χ2n) is 4.28. The average molecular weight is 309 g/mol. The van der Waals surface area contributed by atoms with Gasteiger partial charge in [0.15, 0.2) is 0 Å². The van der Waals surface area contributed by atoms with Gasteiger partial charge in [0.25, 0.3) is 0 Å². The molecule has 0 fully saturated rings. The van der Waals surface area contributed by atoms with Crippen molar-refractivity contribution in [1.82, 2.24) is 4.98 Å². The molecular formula is C14H14BrFN2. The van der Waals surface area contributed by atoms with Gasteiger partial charge < -0.3 is 5.73 Å². The highest BCUT2D eigenvalue weighted by Crippen LogP contribution is 2.22. The predicted molar refractivity (Wildman–Crippen MR) is 73.7 cm³/mol. The number of aromatic nitrogens is 1. The molecule has 2 N–H and O–H groups in total. The molecule has 0 spiro atoms. The molecule has 2 rings (SSSR count). The minimum Gasteiger partial charge on any atom is -0.324 e. The Morgan fingerprint density at radius 1 is 1.39 bits per heavy atom. The van der Waals surface area contributed by atoms with E-state index in [4.69, 9.17) is 5.73 Å². The van der Waals surface area contributed by atoms with Crippen LogP contribution in [0.2, 0.25) is 0 Å². The molecule has 0 bridgehead atoms. The van der Waals surface area contributed by atoms with E-state index in [9.17, 15) is 4.39 Å². The number of nitrogens with zero attached hydrogens (tertiary/aromatic N) is 1. The molecule has 2 nitrogen and oxygen atoms in total. The third-order valence-electron chi connectivity index (χ3n) is 2.93. The maximum absolute atomic E-state index is 13.7. The van der Waals surface area contributed by atoms with Crippen molar-refractivity contribution < 1.29 is 4.39 Å². The number of nitrogens with two attached hydrogens (primary N) is 1. The first-order valence-electron chi connectivity index (χ1n) is 5.68. The lowest BCUT2D eigenvalue weighted by atomic mass is 9.98. The van der Waals surface area contributed by atoms with Gasteiger partial charge >= 0.3 is 0 Å². The Bertz CT molecular complexity index is 557. The van der Waals surface area contributed by atoms with Crippen molar-refractivity contribution in [2.45, 2.75) is 19.4 Å². The van der Waals surface area contributed by atoms with E-state index in [-0.39, 0.29) is 11.9 Å². The van der Waals surface area contributed by atoms with E-state index in [1.165, 1.54) is 6.07 Å². The largest absolute Gasteiger partial charge is 0.324 e. The first-order chi connectivity index (χ1) is 8.58. The summed E-state index contributed by atoms with van der Waals surface area (Å²) in [5.74, 6) is -0.227. The first-order valence-corrected chi connectivity index (χ1v) is 6.47. The lowest BCUT2D eigenvalue weighted by Crippen LogP contribution is -2.15. The monoisotopic (exact) mass is 308 g/mol. The van der Waals surface area contributed by atoms with Crippen molar-refractivity contribution in [3.63, 3.8) is 0 Å². The molecule has 2 aromatic rings. The van der Waals surface area contributed by atoms with Crippen molar-refractivity contribution in [3.05, 3.63) is 63.6 Å². The Morgan fingerprint density at radius 3 is 2.89 bits per heavy atom. The molecule has 94 valence electrons. The van der Waals surface area contributed by atoms with E-state index in [0.717, 1.165) is 15.6 Å². The molecule has 1 heterocycles. The van der Waals surface area contributed by atoms with Gasteiger partial charge in [0.1, 0.15) is 5.82 Å². The molecule has 0 saturated heterocycles. The zero-order valence-corrected chi connectivity index (χ0v) is 11.6. The fraction of sp³-hybridized carbons (Fsp3) is 0.214. The van der Waals surface area contributed by atoms with Crippen LogP contribution in [0.3, 0.4) is 0 Å². The fourth-order valence-corrected chi connectivity index (χ4v) is 2.32. The van der Waals surface area contributed by atoms with Gasteiger partial charge in [-0.15, -0.1) is 0 Å². The quantitative estimate of drug-likeness (QED) is 0.942. The summed E-state index contributed by atoms with van der Waals surface area (Å²) in [6, 6.07) is 6.55. The van der Waals surface area contributed by atoms with E-state index >= 15 is 0 Å². The third-order valence-corrected chi connectivity index (χ3v) is 3.42. The highest BCUT2D eigenvalue weighted by Gasteiger charge is 2.12. The van der Waals surface area contributed by atoms with Crippen LogP contribution in [0.1, 0.15) is 22.7 Å². The zero-order chi connectivity index (χ0) is 13.1. The highest BCUT2D eigenvalue weighted by atomic mass is 79.9. The molecule has 0 aliphatic carbocycles. The summed E-state index contributed by atoms with van der Waals surface area (Å²) in [4.78, 5) is 4.07. The Balaban J connectivity index is 2.24. The van der Waals surface area contributed by atoms with Crippen molar-refractivity contribution >= 4 is 15.9 Å². The van der Waals surface area contributed by atoms with Crippen molar-refractivity contribution in [1.29, 1.82) is 0 Å². The molecule has 4 heteroatoms.